The van der Waals surface area contributed by atoms with Crippen LogP contribution in [0.2, 0.25) is 0 Å². The van der Waals surface area contributed by atoms with E-state index in [1.54, 1.807) is 12.3 Å². The molecular weight excluding hydrogens is 282 g/mol. The third-order valence-electron chi connectivity index (χ3n) is 2.58. The van der Waals surface area contributed by atoms with E-state index >= 15 is 0 Å². The molecule has 1 aromatic carbocycles. The van der Waals surface area contributed by atoms with Crippen molar-refractivity contribution < 1.29 is 13.2 Å². The molecule has 0 amide bonds. The number of benzene rings is 1. The van der Waals surface area contributed by atoms with Gasteiger partial charge < -0.3 is 10.5 Å². The average molecular weight is 297 g/mol. The molecule has 0 fully saturated rings. The maximum absolute atomic E-state index is 12.2. The van der Waals surface area contributed by atoms with E-state index in [-0.39, 0.29) is 17.2 Å². The van der Waals surface area contributed by atoms with Gasteiger partial charge in [-0.2, -0.15) is 0 Å². The van der Waals surface area contributed by atoms with Gasteiger partial charge in [-0.3, -0.25) is 4.68 Å². The Morgan fingerprint density at radius 1 is 1.45 bits per heavy atom. The second kappa shape index (κ2) is 5.88. The fourth-order valence-corrected chi connectivity index (χ4v) is 2.85. The van der Waals surface area contributed by atoms with Crippen LogP contribution in [0.5, 0.6) is 5.75 Å². The Morgan fingerprint density at radius 3 is 2.90 bits per heavy atom. The van der Waals surface area contributed by atoms with Gasteiger partial charge in [0.25, 0.3) is 0 Å². The van der Waals surface area contributed by atoms with Crippen molar-refractivity contribution in [2.75, 3.05) is 19.4 Å². The molecule has 1 aromatic heterocycles. The number of nitrogen functional groups attached to an aromatic ring is 1. The first-order valence-corrected chi connectivity index (χ1v) is 7.28. The molecule has 1 heterocycles. The number of nitrogens with zero attached hydrogens (tertiary/aromatic N) is 3. The fraction of sp³-hybridized carbons (Fsp3) is 0.273. The maximum atomic E-state index is 12.2. The first kappa shape index (κ1) is 14.3. The quantitative estimate of drug-likeness (QED) is 0.717. The third-order valence-corrected chi connectivity index (χ3v) is 4.06. The predicted molar refractivity (Wildman–Crippen MR) is 72.6 cm³/mol. The lowest BCUT2D eigenvalue weighted by Gasteiger charge is -2.11. The van der Waals surface area contributed by atoms with Crippen LogP contribution in [0.15, 0.2) is 35.5 Å². The van der Waals surface area contributed by atoms with Crippen LogP contribution in [0, 0.1) is 0 Å². The average Bonchev–Trinajstić information content (AvgIpc) is 2.91. The Morgan fingerprint density at radius 2 is 2.25 bits per heavy atom. The van der Waals surface area contributed by atoms with Crippen molar-refractivity contribution in [1.29, 1.82) is 0 Å². The summed E-state index contributed by atoms with van der Waals surface area (Å²) in [7, 11) is -2.29. The second-order valence-electron chi connectivity index (χ2n) is 3.97. The lowest BCUT2D eigenvalue weighted by molar-refractivity contribution is 0.402. The molecule has 0 aliphatic carbocycles. The van der Waals surface area contributed by atoms with Crippen molar-refractivity contribution in [3.05, 3.63) is 30.6 Å². The summed E-state index contributed by atoms with van der Waals surface area (Å²) in [6.45, 7) is 0.563. The zero-order chi connectivity index (χ0) is 14.6. The highest BCUT2D eigenvalue weighted by atomic mass is 32.2. The first-order chi connectivity index (χ1) is 9.53. The molecule has 0 aliphatic rings. The van der Waals surface area contributed by atoms with Crippen LogP contribution in [-0.2, 0) is 16.6 Å². The number of sulfonamides is 1. The van der Waals surface area contributed by atoms with Crippen LogP contribution in [0.4, 0.5) is 5.69 Å². The highest BCUT2D eigenvalue weighted by molar-refractivity contribution is 7.89. The molecule has 0 aliphatic heterocycles. The van der Waals surface area contributed by atoms with Gasteiger partial charge in [-0.15, -0.1) is 5.10 Å². The summed E-state index contributed by atoms with van der Waals surface area (Å²) in [6.07, 6.45) is 3.17. The highest BCUT2D eigenvalue weighted by Gasteiger charge is 2.19. The van der Waals surface area contributed by atoms with Crippen molar-refractivity contribution in [3.8, 4) is 5.75 Å². The number of hydrogen-bond acceptors (Lipinski definition) is 6. The number of anilines is 1. The van der Waals surface area contributed by atoms with Gasteiger partial charge >= 0.3 is 0 Å². The molecule has 0 atom stereocenters. The molecule has 3 N–H and O–H groups in total. The van der Waals surface area contributed by atoms with E-state index in [1.807, 2.05) is 0 Å². The molecule has 0 radical (unpaired) electrons. The van der Waals surface area contributed by atoms with Gasteiger partial charge in [-0.05, 0) is 18.2 Å². The highest BCUT2D eigenvalue weighted by Crippen LogP contribution is 2.25. The number of nitrogens with two attached hydrogens (primary N) is 1. The summed E-state index contributed by atoms with van der Waals surface area (Å²) >= 11 is 0. The summed E-state index contributed by atoms with van der Waals surface area (Å²) in [6, 6.07) is 4.45. The minimum Gasteiger partial charge on any atom is -0.495 e. The summed E-state index contributed by atoms with van der Waals surface area (Å²) in [5.74, 6) is 0.243. The van der Waals surface area contributed by atoms with Crippen LogP contribution in [0.3, 0.4) is 0 Å². The second-order valence-corrected chi connectivity index (χ2v) is 5.71. The third kappa shape index (κ3) is 3.25. The Kier molecular flexibility index (Phi) is 4.20. The molecule has 8 nitrogen and oxygen atoms in total. The predicted octanol–water partition coefficient (Wildman–Crippen LogP) is -0.153. The summed E-state index contributed by atoms with van der Waals surface area (Å²) in [5, 5.41) is 7.38. The molecule has 0 unspecified atom stereocenters. The van der Waals surface area contributed by atoms with Crippen LogP contribution < -0.4 is 15.2 Å². The summed E-state index contributed by atoms with van der Waals surface area (Å²) in [4.78, 5) is 0.0126. The number of nitrogens with one attached hydrogen (secondary N) is 1. The van der Waals surface area contributed by atoms with Crippen LogP contribution in [-0.4, -0.2) is 37.1 Å². The van der Waals surface area contributed by atoms with Gasteiger partial charge in [0.2, 0.25) is 10.0 Å². The standard InChI is InChI=1S/C11H15N5O3S/c1-19-10-3-2-9(12)8-11(10)20(17,18)14-5-7-16-6-4-13-15-16/h2-4,6,8,14H,5,7,12H2,1H3. The van der Waals surface area contributed by atoms with Crippen molar-refractivity contribution in [1.82, 2.24) is 19.7 Å². The van der Waals surface area contributed by atoms with Gasteiger partial charge in [0, 0.05) is 18.4 Å². The smallest absolute Gasteiger partial charge is 0.244 e. The van der Waals surface area contributed by atoms with Gasteiger partial charge in [-0.1, -0.05) is 5.21 Å². The summed E-state index contributed by atoms with van der Waals surface area (Å²) in [5.41, 5.74) is 5.96. The topological polar surface area (TPSA) is 112 Å². The molecule has 0 saturated carbocycles. The Hall–Kier alpha value is -2.13. The SMILES string of the molecule is COc1ccc(N)cc1S(=O)(=O)NCCn1ccnn1. The van der Waals surface area contributed by atoms with Gasteiger partial charge in [0.1, 0.15) is 10.6 Å². The van der Waals surface area contributed by atoms with Crippen molar-refractivity contribution >= 4 is 15.7 Å². The van der Waals surface area contributed by atoms with Crippen LogP contribution >= 0.6 is 0 Å². The monoisotopic (exact) mass is 297 g/mol. The largest absolute Gasteiger partial charge is 0.495 e. The molecule has 9 heteroatoms. The lowest BCUT2D eigenvalue weighted by Crippen LogP contribution is -2.28. The van der Waals surface area contributed by atoms with E-state index in [1.165, 1.54) is 30.1 Å². The minimum atomic E-state index is -3.70. The number of aromatic nitrogens is 3. The van der Waals surface area contributed by atoms with E-state index < -0.39 is 10.0 Å². The summed E-state index contributed by atoms with van der Waals surface area (Å²) < 4.78 is 33.4. The molecule has 0 saturated heterocycles. The van der Waals surface area contributed by atoms with Crippen molar-refractivity contribution in [2.24, 2.45) is 0 Å². The molecule has 2 rings (SSSR count). The zero-order valence-corrected chi connectivity index (χ0v) is 11.7. The number of methoxy groups -OCH3 is 1. The number of rotatable bonds is 6. The van der Waals surface area contributed by atoms with Crippen molar-refractivity contribution in [3.63, 3.8) is 0 Å². The van der Waals surface area contributed by atoms with Gasteiger partial charge in [-0.25, -0.2) is 13.1 Å². The molecule has 20 heavy (non-hydrogen) atoms. The molecular formula is C11H15N5O3S. The van der Waals surface area contributed by atoms with E-state index in [9.17, 15) is 8.42 Å². The number of hydrogen-bond donors (Lipinski definition) is 2. The Bertz CT molecular complexity index is 669. The molecule has 0 bridgehead atoms. The van der Waals surface area contributed by atoms with E-state index in [0.717, 1.165) is 0 Å². The maximum Gasteiger partial charge on any atom is 0.244 e. The molecule has 0 spiro atoms. The van der Waals surface area contributed by atoms with Crippen LogP contribution in [0.1, 0.15) is 0 Å². The van der Waals surface area contributed by atoms with E-state index in [4.69, 9.17) is 10.5 Å². The van der Waals surface area contributed by atoms with Crippen molar-refractivity contribution in [2.45, 2.75) is 11.4 Å². The Labute approximate surface area is 116 Å². The van der Waals surface area contributed by atoms with Gasteiger partial charge in [0.15, 0.2) is 0 Å². The van der Waals surface area contributed by atoms with Gasteiger partial charge in [0.05, 0.1) is 19.9 Å². The number of ether oxygens (including phenoxy) is 1. The lowest BCUT2D eigenvalue weighted by atomic mass is 10.3. The van der Waals surface area contributed by atoms with Crippen LogP contribution in [0.25, 0.3) is 0 Å². The van der Waals surface area contributed by atoms with E-state index in [2.05, 4.69) is 15.0 Å². The first-order valence-electron chi connectivity index (χ1n) is 5.80. The zero-order valence-electron chi connectivity index (χ0n) is 10.9. The molecule has 108 valence electrons. The van der Waals surface area contributed by atoms with E-state index in [0.29, 0.717) is 12.2 Å². The minimum absolute atomic E-state index is 0.0126. The Balaban J connectivity index is 2.11. The fourth-order valence-electron chi connectivity index (χ4n) is 1.63. The molecule has 2 aromatic rings. The normalized spacial score (nSPS) is 11.4.